The molecule has 6 rings (SSSR count). The summed E-state index contributed by atoms with van der Waals surface area (Å²) < 4.78 is 23.4. The van der Waals surface area contributed by atoms with E-state index in [1.807, 2.05) is 27.7 Å². The van der Waals surface area contributed by atoms with E-state index in [0.717, 1.165) is 5.57 Å². The fourth-order valence-corrected chi connectivity index (χ4v) is 12.5. The summed E-state index contributed by atoms with van der Waals surface area (Å²) >= 11 is 0. The normalized spacial score (nSPS) is 49.6. The Labute approximate surface area is 340 Å². The number of Topliss-reactive ketones (excluding diaryl/α,β-unsaturated/α-hetero) is 1. The molecule has 0 aromatic carbocycles. The molecule has 4 aliphatic carbocycles. The third kappa shape index (κ3) is 7.36. The van der Waals surface area contributed by atoms with Crippen molar-refractivity contribution in [3.05, 3.63) is 11.6 Å². The molecule has 5 fully saturated rings. The standard InChI is InChI=1S/C42H70O16/c1-37(2,53)14-13-25(45)42(8,54)34-21(44)15-39(5)24-11-9-19-20(41(24,7)26(46)16-40(34,39)6)10-12-27(38(19,3)4)58-36-33(52)31(50)29(48)23(57-36)18-55-35-32(51)30(49)28(47)22(17-43)56-35/h9,20-25,27-36,43-45,47-54H,10-18H2,1-8H3. The molecule has 2 saturated heterocycles. The molecular formula is C42H70O16. The number of hydrogen-bond donors (Lipinski definition) is 11. The van der Waals surface area contributed by atoms with E-state index in [1.54, 1.807) is 13.8 Å². The summed E-state index contributed by atoms with van der Waals surface area (Å²) in [6, 6.07) is 0. The number of aliphatic hydroxyl groups excluding tert-OH is 9. The van der Waals surface area contributed by atoms with E-state index in [4.69, 9.17) is 18.9 Å². The van der Waals surface area contributed by atoms with Crippen molar-refractivity contribution in [1.29, 1.82) is 0 Å². The van der Waals surface area contributed by atoms with Crippen molar-refractivity contribution in [1.82, 2.24) is 0 Å². The zero-order valence-corrected chi connectivity index (χ0v) is 35.1. The smallest absolute Gasteiger partial charge is 0.187 e. The van der Waals surface area contributed by atoms with E-state index >= 15 is 0 Å². The SMILES string of the molecule is CC(C)(O)CCC(O)C(C)(O)C1C(O)CC2(C)C3CC=C4C(CCC(OC5OC(COC6OC(CO)C(O)C(O)C6O)C(O)C(O)C5O)C4(C)C)C3(C)C(=O)CC12C. The Balaban J connectivity index is 1.20. The van der Waals surface area contributed by atoms with Crippen LogP contribution in [0.25, 0.3) is 0 Å². The molecule has 0 bridgehead atoms. The third-order valence-electron chi connectivity index (χ3n) is 16.1. The monoisotopic (exact) mass is 830 g/mol. The first-order valence-corrected chi connectivity index (χ1v) is 21.0. The number of fused-ring (bicyclic) bond motifs is 5. The molecule has 0 spiro atoms. The molecule has 2 aliphatic heterocycles. The molecule has 6 aliphatic rings. The molecule has 0 radical (unpaired) electrons. The fourth-order valence-electron chi connectivity index (χ4n) is 12.5. The molecule has 16 nitrogen and oxygen atoms in total. The predicted molar refractivity (Wildman–Crippen MR) is 204 cm³/mol. The van der Waals surface area contributed by atoms with Crippen molar-refractivity contribution in [2.75, 3.05) is 13.2 Å². The van der Waals surface area contributed by atoms with Crippen LogP contribution in [0.2, 0.25) is 0 Å². The summed E-state index contributed by atoms with van der Waals surface area (Å²) in [7, 11) is 0. The second kappa shape index (κ2) is 15.9. The molecule has 2 heterocycles. The maximum Gasteiger partial charge on any atom is 0.187 e. The predicted octanol–water partition coefficient (Wildman–Crippen LogP) is -0.586. The zero-order valence-electron chi connectivity index (χ0n) is 35.1. The van der Waals surface area contributed by atoms with Crippen LogP contribution in [0, 0.1) is 39.4 Å². The summed E-state index contributed by atoms with van der Waals surface area (Å²) in [6.45, 7) is 13.8. The van der Waals surface area contributed by atoms with Gasteiger partial charge in [-0.3, -0.25) is 4.79 Å². The van der Waals surface area contributed by atoms with E-state index in [9.17, 15) is 61.0 Å². The van der Waals surface area contributed by atoms with Crippen molar-refractivity contribution >= 4 is 5.78 Å². The number of aliphatic hydroxyl groups is 11. The summed E-state index contributed by atoms with van der Waals surface area (Å²) in [5.74, 6) is -1.15. The van der Waals surface area contributed by atoms with Crippen molar-refractivity contribution in [2.24, 2.45) is 39.4 Å². The Morgan fingerprint density at radius 2 is 1.41 bits per heavy atom. The average Bonchev–Trinajstić information content (AvgIpc) is 3.34. The lowest BCUT2D eigenvalue weighted by atomic mass is 9.38. The van der Waals surface area contributed by atoms with Crippen molar-refractivity contribution in [3.8, 4) is 0 Å². The van der Waals surface area contributed by atoms with Gasteiger partial charge in [0, 0.05) is 23.2 Å². The van der Waals surface area contributed by atoms with Crippen LogP contribution >= 0.6 is 0 Å². The minimum atomic E-state index is -1.74. The second-order valence-electron chi connectivity index (χ2n) is 20.5. The number of ketones is 1. The molecule has 0 amide bonds. The highest BCUT2D eigenvalue weighted by atomic mass is 16.7. The van der Waals surface area contributed by atoms with Crippen LogP contribution in [0.3, 0.4) is 0 Å². The van der Waals surface area contributed by atoms with Gasteiger partial charge in [-0.15, -0.1) is 0 Å². The molecule has 334 valence electrons. The van der Waals surface area contributed by atoms with Gasteiger partial charge < -0.3 is 75.1 Å². The third-order valence-corrected chi connectivity index (χ3v) is 16.1. The number of carbonyl (C=O) groups excluding carboxylic acids is 1. The molecule has 16 heteroatoms. The van der Waals surface area contributed by atoms with Crippen LogP contribution in [0.15, 0.2) is 11.6 Å². The van der Waals surface area contributed by atoms with Crippen LogP contribution in [-0.2, 0) is 23.7 Å². The lowest BCUT2D eigenvalue weighted by Crippen LogP contribution is -2.65. The van der Waals surface area contributed by atoms with Gasteiger partial charge in [0.1, 0.15) is 54.6 Å². The minimum absolute atomic E-state index is 0.0366. The number of hydrogen-bond acceptors (Lipinski definition) is 16. The Morgan fingerprint density at radius 1 is 0.828 bits per heavy atom. The van der Waals surface area contributed by atoms with Gasteiger partial charge in [0.15, 0.2) is 12.6 Å². The summed E-state index contributed by atoms with van der Waals surface area (Å²) in [6.07, 6.45) is -13.7. The Bertz CT molecular complexity index is 1530. The molecule has 0 aromatic heterocycles. The lowest BCUT2D eigenvalue weighted by molar-refractivity contribution is -0.340. The van der Waals surface area contributed by atoms with Crippen LogP contribution in [0.1, 0.15) is 100 Å². The van der Waals surface area contributed by atoms with Crippen molar-refractivity contribution < 1.29 is 79.9 Å². The molecule has 0 aromatic rings. The van der Waals surface area contributed by atoms with Crippen LogP contribution < -0.4 is 0 Å². The second-order valence-corrected chi connectivity index (χ2v) is 20.5. The van der Waals surface area contributed by atoms with Gasteiger partial charge in [-0.25, -0.2) is 0 Å². The van der Waals surface area contributed by atoms with E-state index in [2.05, 4.69) is 13.0 Å². The van der Waals surface area contributed by atoms with Gasteiger partial charge in [0.05, 0.1) is 42.7 Å². The van der Waals surface area contributed by atoms with Crippen LogP contribution in [0.4, 0.5) is 0 Å². The number of rotatable bonds is 11. The highest BCUT2D eigenvalue weighted by Crippen LogP contribution is 2.74. The molecule has 20 unspecified atom stereocenters. The van der Waals surface area contributed by atoms with Crippen molar-refractivity contribution in [3.63, 3.8) is 0 Å². The largest absolute Gasteiger partial charge is 0.394 e. The maximum absolute atomic E-state index is 14.8. The fraction of sp³-hybridized carbons (Fsp3) is 0.929. The molecule has 3 saturated carbocycles. The Kier molecular flexibility index (Phi) is 12.7. The Hall–Kier alpha value is -1.19. The van der Waals surface area contributed by atoms with Gasteiger partial charge in [0.25, 0.3) is 0 Å². The van der Waals surface area contributed by atoms with Gasteiger partial charge >= 0.3 is 0 Å². The number of carbonyl (C=O) groups is 1. The molecular weight excluding hydrogens is 760 g/mol. The quantitative estimate of drug-likeness (QED) is 0.116. The highest BCUT2D eigenvalue weighted by molar-refractivity contribution is 5.88. The lowest BCUT2D eigenvalue weighted by Gasteiger charge is -2.65. The summed E-state index contributed by atoms with van der Waals surface area (Å²) in [5, 5.41) is 118. The number of allylic oxidation sites excluding steroid dienone is 1. The molecule has 58 heavy (non-hydrogen) atoms. The molecule has 11 N–H and O–H groups in total. The van der Waals surface area contributed by atoms with Gasteiger partial charge in [-0.1, -0.05) is 46.3 Å². The van der Waals surface area contributed by atoms with Crippen LogP contribution in [-0.4, -0.2) is 166 Å². The van der Waals surface area contributed by atoms with Crippen molar-refractivity contribution in [2.45, 2.75) is 191 Å². The van der Waals surface area contributed by atoms with Crippen LogP contribution in [0.5, 0.6) is 0 Å². The molecule has 20 atom stereocenters. The number of ether oxygens (including phenoxy) is 4. The van der Waals surface area contributed by atoms with E-state index in [-0.39, 0.29) is 36.9 Å². The topological polar surface area (TPSA) is 277 Å². The van der Waals surface area contributed by atoms with E-state index in [0.29, 0.717) is 25.7 Å². The summed E-state index contributed by atoms with van der Waals surface area (Å²) in [4.78, 5) is 14.8. The van der Waals surface area contributed by atoms with Gasteiger partial charge in [-0.2, -0.15) is 0 Å². The first-order chi connectivity index (χ1) is 26.7. The zero-order chi connectivity index (χ0) is 43.3. The Morgan fingerprint density at radius 3 is 2.02 bits per heavy atom. The highest BCUT2D eigenvalue weighted by Gasteiger charge is 2.74. The van der Waals surface area contributed by atoms with Gasteiger partial charge in [-0.05, 0) is 82.0 Å². The van der Waals surface area contributed by atoms with E-state index < -0.39 is 132 Å². The van der Waals surface area contributed by atoms with E-state index in [1.165, 1.54) is 6.92 Å². The van der Waals surface area contributed by atoms with Gasteiger partial charge in [0.2, 0.25) is 0 Å². The summed E-state index contributed by atoms with van der Waals surface area (Å²) in [5.41, 5.74) is -4.74. The average molecular weight is 831 g/mol. The maximum atomic E-state index is 14.8. The first kappa shape index (κ1) is 46.3. The first-order valence-electron chi connectivity index (χ1n) is 21.0. The minimum Gasteiger partial charge on any atom is -0.394 e.